The van der Waals surface area contributed by atoms with Crippen molar-refractivity contribution in [2.45, 2.75) is 25.9 Å². The normalized spacial score (nSPS) is 15.1. The third kappa shape index (κ3) is 5.03. The Morgan fingerprint density at radius 2 is 1.91 bits per heavy atom. The number of hydrogen-bond acceptors (Lipinski definition) is 6. The highest BCUT2D eigenvalue weighted by Crippen LogP contribution is 2.25. The van der Waals surface area contributed by atoms with Gasteiger partial charge in [-0.3, -0.25) is 19.2 Å². The number of rotatable bonds is 6. The number of hydrogen-bond donors (Lipinski definition) is 1. The van der Waals surface area contributed by atoms with Crippen molar-refractivity contribution in [3.63, 3.8) is 0 Å². The van der Waals surface area contributed by atoms with E-state index in [4.69, 9.17) is 4.74 Å². The number of pyridine rings is 1. The molecule has 0 spiro atoms. The third-order valence-electron chi connectivity index (χ3n) is 5.83. The monoisotopic (exact) mass is 438 g/mol. The van der Waals surface area contributed by atoms with Crippen LogP contribution in [0.3, 0.4) is 0 Å². The minimum absolute atomic E-state index is 0.00865. The summed E-state index contributed by atoms with van der Waals surface area (Å²) in [5.74, 6) is 0.664. The Bertz CT molecular complexity index is 1150. The van der Waals surface area contributed by atoms with Gasteiger partial charge in [0.1, 0.15) is 30.1 Å². The number of benzene rings is 1. The van der Waals surface area contributed by atoms with Crippen molar-refractivity contribution in [2.24, 2.45) is 7.05 Å². The van der Waals surface area contributed by atoms with Crippen LogP contribution in [0, 0.1) is 12.7 Å². The first-order valence-corrected chi connectivity index (χ1v) is 10.7. The molecule has 0 radical (unpaired) electrons. The van der Waals surface area contributed by atoms with E-state index in [1.807, 2.05) is 6.92 Å². The van der Waals surface area contributed by atoms with Crippen molar-refractivity contribution in [3.05, 3.63) is 76.0 Å². The Morgan fingerprint density at radius 1 is 1.16 bits per heavy atom. The molecule has 1 atom stereocenters. The standard InChI is InChI=1S/C24H27FN4O3/c1-16-27-23-6-10-29(9-5-22(23)24(31)28(16)2)14-20(30)15-32-21-12-18(11-19(25)13-21)17-3-7-26-8-4-17/h3-4,7-8,11-13,20,30H,5-6,9-10,14-15H2,1-2H3. The zero-order chi connectivity index (χ0) is 22.7. The molecule has 32 heavy (non-hydrogen) atoms. The zero-order valence-electron chi connectivity index (χ0n) is 18.3. The Labute approximate surface area is 186 Å². The van der Waals surface area contributed by atoms with Crippen LogP contribution >= 0.6 is 0 Å². The van der Waals surface area contributed by atoms with Gasteiger partial charge in [-0.15, -0.1) is 0 Å². The Balaban J connectivity index is 1.36. The van der Waals surface area contributed by atoms with Crippen LogP contribution in [0.1, 0.15) is 17.1 Å². The number of ether oxygens (including phenoxy) is 1. The first kappa shape index (κ1) is 22.1. The number of β-amino-alcohol motifs (C(OH)–C–C–N with tert-alkyl or cyclic N) is 1. The molecule has 2 aromatic heterocycles. The van der Waals surface area contributed by atoms with Crippen LogP contribution in [0.25, 0.3) is 11.1 Å². The van der Waals surface area contributed by atoms with Crippen LogP contribution in [0.4, 0.5) is 4.39 Å². The number of halogens is 1. The molecule has 1 aromatic carbocycles. The molecule has 3 aromatic rings. The summed E-state index contributed by atoms with van der Waals surface area (Å²) in [6.45, 7) is 3.64. The minimum atomic E-state index is -0.749. The number of aromatic nitrogens is 3. The van der Waals surface area contributed by atoms with E-state index in [2.05, 4.69) is 14.9 Å². The molecule has 1 unspecified atom stereocenters. The Hall–Kier alpha value is -3.10. The summed E-state index contributed by atoms with van der Waals surface area (Å²) in [5.41, 5.74) is 3.14. The largest absolute Gasteiger partial charge is 0.491 e. The van der Waals surface area contributed by atoms with Gasteiger partial charge in [-0.25, -0.2) is 9.37 Å². The summed E-state index contributed by atoms with van der Waals surface area (Å²) < 4.78 is 21.4. The van der Waals surface area contributed by atoms with Crippen LogP contribution in [-0.2, 0) is 19.9 Å². The Morgan fingerprint density at radius 3 is 2.69 bits per heavy atom. The lowest BCUT2D eigenvalue weighted by Gasteiger charge is -2.23. The van der Waals surface area contributed by atoms with Gasteiger partial charge < -0.3 is 9.84 Å². The van der Waals surface area contributed by atoms with Gasteiger partial charge in [0.15, 0.2) is 0 Å². The van der Waals surface area contributed by atoms with Gasteiger partial charge in [0.25, 0.3) is 5.56 Å². The van der Waals surface area contributed by atoms with Crippen LogP contribution in [-0.4, -0.2) is 56.9 Å². The maximum atomic E-state index is 14.1. The van der Waals surface area contributed by atoms with Crippen molar-refractivity contribution in [2.75, 3.05) is 26.2 Å². The van der Waals surface area contributed by atoms with Crippen LogP contribution in [0.2, 0.25) is 0 Å². The second-order valence-electron chi connectivity index (χ2n) is 8.13. The molecular formula is C24H27FN4O3. The van der Waals surface area contributed by atoms with Crippen molar-refractivity contribution in [1.82, 2.24) is 19.4 Å². The second-order valence-corrected chi connectivity index (χ2v) is 8.13. The highest BCUT2D eigenvalue weighted by Gasteiger charge is 2.21. The molecule has 3 heterocycles. The highest BCUT2D eigenvalue weighted by atomic mass is 19.1. The average molecular weight is 439 g/mol. The zero-order valence-corrected chi connectivity index (χ0v) is 18.3. The quantitative estimate of drug-likeness (QED) is 0.635. The molecule has 0 amide bonds. The maximum Gasteiger partial charge on any atom is 0.256 e. The van der Waals surface area contributed by atoms with E-state index < -0.39 is 11.9 Å². The van der Waals surface area contributed by atoms with Gasteiger partial charge in [0.05, 0.1) is 5.69 Å². The molecule has 0 saturated heterocycles. The predicted octanol–water partition coefficient (Wildman–Crippen LogP) is 2.13. The van der Waals surface area contributed by atoms with Gasteiger partial charge in [0, 0.05) is 57.1 Å². The maximum absolute atomic E-state index is 14.1. The highest BCUT2D eigenvalue weighted by molar-refractivity contribution is 5.64. The van der Waals surface area contributed by atoms with Gasteiger partial charge in [-0.05, 0) is 48.7 Å². The van der Waals surface area contributed by atoms with E-state index >= 15 is 0 Å². The summed E-state index contributed by atoms with van der Waals surface area (Å²) in [7, 11) is 1.74. The fourth-order valence-electron chi connectivity index (χ4n) is 4.00. The lowest BCUT2D eigenvalue weighted by molar-refractivity contribution is 0.0695. The van der Waals surface area contributed by atoms with Crippen LogP contribution in [0.15, 0.2) is 47.5 Å². The Kier molecular flexibility index (Phi) is 6.62. The van der Waals surface area contributed by atoms with Crippen LogP contribution in [0.5, 0.6) is 5.75 Å². The molecule has 7 nitrogen and oxygen atoms in total. The first-order valence-electron chi connectivity index (χ1n) is 10.7. The number of fused-ring (bicyclic) bond motifs is 1. The molecular weight excluding hydrogens is 411 g/mol. The smallest absolute Gasteiger partial charge is 0.256 e. The van der Waals surface area contributed by atoms with E-state index in [9.17, 15) is 14.3 Å². The van der Waals surface area contributed by atoms with E-state index in [1.165, 1.54) is 12.1 Å². The van der Waals surface area contributed by atoms with Crippen molar-refractivity contribution < 1.29 is 14.2 Å². The lowest BCUT2D eigenvalue weighted by atomic mass is 10.1. The van der Waals surface area contributed by atoms with Crippen molar-refractivity contribution in [1.29, 1.82) is 0 Å². The van der Waals surface area contributed by atoms with Gasteiger partial charge in [-0.2, -0.15) is 0 Å². The summed E-state index contributed by atoms with van der Waals surface area (Å²) in [6, 6.07) is 8.09. The lowest BCUT2D eigenvalue weighted by Crippen LogP contribution is -2.37. The van der Waals surface area contributed by atoms with Gasteiger partial charge in [-0.1, -0.05) is 0 Å². The molecule has 4 rings (SSSR count). The molecule has 0 fully saturated rings. The molecule has 1 aliphatic heterocycles. The summed E-state index contributed by atoms with van der Waals surface area (Å²) in [4.78, 5) is 23.2. The second kappa shape index (κ2) is 9.58. The summed E-state index contributed by atoms with van der Waals surface area (Å²) in [6.07, 6.45) is 3.82. The number of aryl methyl sites for hydroxylation is 1. The fraction of sp³-hybridized carbons (Fsp3) is 0.375. The minimum Gasteiger partial charge on any atom is -0.491 e. The fourth-order valence-corrected chi connectivity index (χ4v) is 4.00. The molecule has 1 N–H and O–H groups in total. The number of aliphatic hydroxyl groups excluding tert-OH is 1. The topological polar surface area (TPSA) is 80.5 Å². The van der Waals surface area contributed by atoms with Gasteiger partial charge >= 0.3 is 0 Å². The van der Waals surface area contributed by atoms with E-state index in [-0.39, 0.29) is 12.2 Å². The number of nitrogens with zero attached hydrogens (tertiary/aromatic N) is 4. The molecule has 0 bridgehead atoms. The third-order valence-corrected chi connectivity index (χ3v) is 5.83. The molecule has 1 aliphatic rings. The van der Waals surface area contributed by atoms with Gasteiger partial charge in [0.2, 0.25) is 0 Å². The van der Waals surface area contributed by atoms with Crippen molar-refractivity contribution >= 4 is 0 Å². The molecule has 8 heteroatoms. The first-order chi connectivity index (χ1) is 15.4. The predicted molar refractivity (Wildman–Crippen MR) is 119 cm³/mol. The molecule has 168 valence electrons. The van der Waals surface area contributed by atoms with E-state index in [0.29, 0.717) is 49.6 Å². The number of aliphatic hydroxyl groups is 1. The average Bonchev–Trinajstić information content (AvgIpc) is 2.99. The molecule has 0 aliphatic carbocycles. The van der Waals surface area contributed by atoms with Crippen LogP contribution < -0.4 is 10.3 Å². The molecule has 0 saturated carbocycles. The van der Waals surface area contributed by atoms with Crippen molar-refractivity contribution in [3.8, 4) is 16.9 Å². The van der Waals surface area contributed by atoms with E-state index in [0.717, 1.165) is 16.8 Å². The summed E-state index contributed by atoms with van der Waals surface area (Å²) in [5, 5.41) is 10.5. The SMILES string of the molecule is Cc1nc2c(c(=O)n1C)CCN(CC(O)COc1cc(F)cc(-c3ccncc3)c1)CC2. The van der Waals surface area contributed by atoms with E-state index in [1.54, 1.807) is 42.2 Å². The summed E-state index contributed by atoms with van der Waals surface area (Å²) >= 11 is 0.